The topological polar surface area (TPSA) is 0 Å². The number of halogens is 7. The molecule has 0 heterocycles. The fourth-order valence-corrected chi connectivity index (χ4v) is 2.48. The van der Waals surface area contributed by atoms with Gasteiger partial charge in [0.05, 0.1) is 11.5 Å². The Morgan fingerprint density at radius 3 is 1.77 bits per heavy atom. The molecule has 0 aliphatic heterocycles. The normalized spacial score (nSPS) is 17.1. The number of hydrogen-bond acceptors (Lipinski definition) is 0. The average molecular weight is 318 g/mol. The molecule has 2 aromatic rings. The summed E-state index contributed by atoms with van der Waals surface area (Å²) >= 11 is 0. The Hall–Kier alpha value is -2.31. The van der Waals surface area contributed by atoms with E-state index >= 15 is 0 Å². The van der Waals surface area contributed by atoms with Crippen LogP contribution in [-0.4, -0.2) is 0 Å². The molecule has 0 spiro atoms. The first kappa shape index (κ1) is 14.6. The number of rotatable bonds is 1. The number of allylic oxidation sites excluding steroid dienone is 1. The Kier molecular flexibility index (Phi) is 3.23. The van der Waals surface area contributed by atoms with Gasteiger partial charge in [-0.15, -0.1) is 0 Å². The Balaban J connectivity index is 2.28. The lowest BCUT2D eigenvalue weighted by molar-refractivity contribution is 0.436. The summed E-state index contributed by atoms with van der Waals surface area (Å²) in [4.78, 5) is 0. The molecule has 2 aromatic carbocycles. The lowest BCUT2D eigenvalue weighted by atomic mass is 9.91. The van der Waals surface area contributed by atoms with Crippen LogP contribution in [0, 0.1) is 29.1 Å². The highest BCUT2D eigenvalue weighted by Crippen LogP contribution is 2.48. The average Bonchev–Trinajstić information content (AvgIpc) is 2.74. The third-order valence-corrected chi connectivity index (χ3v) is 3.50. The Morgan fingerprint density at radius 2 is 1.14 bits per heavy atom. The van der Waals surface area contributed by atoms with E-state index in [4.69, 9.17) is 0 Å². The van der Waals surface area contributed by atoms with E-state index in [9.17, 15) is 30.7 Å². The van der Waals surface area contributed by atoms with Gasteiger partial charge in [-0.2, -0.15) is 0 Å². The number of fused-ring (bicyclic) bond motifs is 1. The van der Waals surface area contributed by atoms with Crippen LogP contribution in [0.25, 0.3) is 5.83 Å². The van der Waals surface area contributed by atoms with Gasteiger partial charge in [-0.1, -0.05) is 12.1 Å². The first-order valence-corrected chi connectivity index (χ1v) is 6.01. The van der Waals surface area contributed by atoms with E-state index in [0.29, 0.717) is 12.1 Å². The predicted octanol–water partition coefficient (Wildman–Crippen LogP) is 5.14. The van der Waals surface area contributed by atoms with Gasteiger partial charge in [0, 0.05) is 5.56 Å². The zero-order chi connectivity index (χ0) is 16.2. The van der Waals surface area contributed by atoms with E-state index < -0.39 is 63.3 Å². The molecule has 1 aliphatic carbocycles. The molecular formula is C15H5F7. The van der Waals surface area contributed by atoms with Crippen molar-refractivity contribution in [3.05, 3.63) is 75.9 Å². The molecule has 0 N–H and O–H groups in total. The summed E-state index contributed by atoms with van der Waals surface area (Å²) in [6.07, 6.45) is 0. The minimum absolute atomic E-state index is 0.404. The second-order valence-corrected chi connectivity index (χ2v) is 4.69. The van der Waals surface area contributed by atoms with E-state index in [1.807, 2.05) is 0 Å². The third kappa shape index (κ3) is 1.84. The molecule has 1 aliphatic rings. The maximum Gasteiger partial charge on any atom is 0.194 e. The summed E-state index contributed by atoms with van der Waals surface area (Å²) < 4.78 is 94.6. The van der Waals surface area contributed by atoms with Crippen molar-refractivity contribution in [3.8, 4) is 0 Å². The molecule has 1 atom stereocenters. The number of hydrogen-bond donors (Lipinski definition) is 0. The van der Waals surface area contributed by atoms with Gasteiger partial charge in [0.2, 0.25) is 0 Å². The highest BCUT2D eigenvalue weighted by atomic mass is 19.2. The molecule has 0 aromatic heterocycles. The minimum Gasteiger partial charge on any atom is -0.208 e. The fourth-order valence-electron chi connectivity index (χ4n) is 2.48. The second kappa shape index (κ2) is 4.86. The maximum atomic E-state index is 14.0. The van der Waals surface area contributed by atoms with Gasteiger partial charge >= 0.3 is 0 Å². The highest BCUT2D eigenvalue weighted by molar-refractivity contribution is 5.74. The summed E-state index contributed by atoms with van der Waals surface area (Å²) in [7, 11) is 0. The van der Waals surface area contributed by atoms with E-state index in [2.05, 4.69) is 0 Å². The van der Waals surface area contributed by atoms with Crippen molar-refractivity contribution in [2.45, 2.75) is 5.92 Å². The first-order chi connectivity index (χ1) is 10.3. The van der Waals surface area contributed by atoms with Gasteiger partial charge in [-0.3, -0.25) is 0 Å². The van der Waals surface area contributed by atoms with Crippen molar-refractivity contribution in [3.63, 3.8) is 0 Å². The minimum atomic E-state index is -1.86. The van der Waals surface area contributed by atoms with Crippen LogP contribution in [0.4, 0.5) is 30.7 Å². The Labute approximate surface area is 119 Å². The zero-order valence-electron chi connectivity index (χ0n) is 10.5. The van der Waals surface area contributed by atoms with E-state index in [1.54, 1.807) is 0 Å². The maximum absolute atomic E-state index is 14.0. The van der Waals surface area contributed by atoms with Gasteiger partial charge in [-0.05, 0) is 17.7 Å². The molecule has 0 nitrogen and oxygen atoms in total. The first-order valence-electron chi connectivity index (χ1n) is 6.01. The largest absolute Gasteiger partial charge is 0.208 e. The zero-order valence-corrected chi connectivity index (χ0v) is 10.5. The van der Waals surface area contributed by atoms with Gasteiger partial charge in [0.1, 0.15) is 5.83 Å². The van der Waals surface area contributed by atoms with E-state index in [0.717, 1.165) is 12.1 Å². The van der Waals surface area contributed by atoms with Crippen LogP contribution in [0.15, 0.2) is 30.1 Å². The van der Waals surface area contributed by atoms with Gasteiger partial charge < -0.3 is 0 Å². The van der Waals surface area contributed by atoms with Gasteiger partial charge in [0.25, 0.3) is 0 Å². The van der Waals surface area contributed by atoms with Crippen molar-refractivity contribution in [1.29, 1.82) is 0 Å². The highest BCUT2D eigenvalue weighted by Gasteiger charge is 2.39. The summed E-state index contributed by atoms with van der Waals surface area (Å²) in [6, 6.07) is 2.74. The molecule has 0 radical (unpaired) electrons. The Morgan fingerprint density at radius 1 is 0.591 bits per heavy atom. The van der Waals surface area contributed by atoms with Gasteiger partial charge in [0.15, 0.2) is 34.9 Å². The van der Waals surface area contributed by atoms with Crippen LogP contribution < -0.4 is 0 Å². The van der Waals surface area contributed by atoms with Crippen LogP contribution >= 0.6 is 0 Å². The molecule has 7 heteroatoms. The van der Waals surface area contributed by atoms with Crippen LogP contribution in [0.5, 0.6) is 0 Å². The lowest BCUT2D eigenvalue weighted by Gasteiger charge is -2.14. The molecule has 114 valence electrons. The van der Waals surface area contributed by atoms with Crippen molar-refractivity contribution in [2.75, 3.05) is 0 Å². The van der Waals surface area contributed by atoms with Crippen LogP contribution in [0.1, 0.15) is 22.6 Å². The van der Waals surface area contributed by atoms with E-state index in [-0.39, 0.29) is 0 Å². The molecule has 22 heavy (non-hydrogen) atoms. The quantitative estimate of drug-likeness (QED) is 0.505. The molecule has 0 bridgehead atoms. The lowest BCUT2D eigenvalue weighted by Crippen LogP contribution is -2.06. The standard InChI is InChI=1S/C15H5F7/c16-7-3-1-5-9(14(21)15(22)10(5)12(7)19)6-2-4-8(17)13(20)11(6)18/h1-4,9H. The smallest absolute Gasteiger partial charge is 0.194 e. The number of benzene rings is 2. The van der Waals surface area contributed by atoms with Crippen molar-refractivity contribution >= 4 is 5.83 Å². The van der Waals surface area contributed by atoms with Crippen molar-refractivity contribution in [2.24, 2.45) is 0 Å². The molecule has 1 unspecified atom stereocenters. The monoisotopic (exact) mass is 318 g/mol. The molecule has 0 saturated carbocycles. The summed E-state index contributed by atoms with van der Waals surface area (Å²) in [5.41, 5.74) is -2.10. The summed E-state index contributed by atoms with van der Waals surface area (Å²) in [6.45, 7) is 0. The van der Waals surface area contributed by atoms with Crippen LogP contribution in [0.3, 0.4) is 0 Å². The van der Waals surface area contributed by atoms with Crippen molar-refractivity contribution in [1.82, 2.24) is 0 Å². The SMILES string of the molecule is FC1=C(F)C(c2ccc(F)c(F)c2F)c2ccc(F)c(F)c21. The second-order valence-electron chi connectivity index (χ2n) is 4.69. The summed E-state index contributed by atoms with van der Waals surface area (Å²) in [5.74, 6) is -13.2. The molecule has 0 saturated heterocycles. The molecule has 0 amide bonds. The van der Waals surface area contributed by atoms with E-state index in [1.165, 1.54) is 0 Å². The Bertz CT molecular complexity index is 823. The van der Waals surface area contributed by atoms with Crippen LogP contribution in [-0.2, 0) is 0 Å². The summed E-state index contributed by atoms with van der Waals surface area (Å²) in [5, 5.41) is 0. The van der Waals surface area contributed by atoms with Gasteiger partial charge in [-0.25, -0.2) is 30.7 Å². The predicted molar refractivity (Wildman–Crippen MR) is 63.7 cm³/mol. The van der Waals surface area contributed by atoms with Crippen molar-refractivity contribution < 1.29 is 30.7 Å². The molecule has 0 fully saturated rings. The fraction of sp³-hybridized carbons (Fsp3) is 0.0667. The molecule has 3 rings (SSSR count). The van der Waals surface area contributed by atoms with Crippen LogP contribution in [0.2, 0.25) is 0 Å². The molecular weight excluding hydrogens is 313 g/mol. The third-order valence-electron chi connectivity index (χ3n) is 3.50.